The Morgan fingerprint density at radius 3 is 2.62 bits per heavy atom. The van der Waals surface area contributed by atoms with E-state index in [1.165, 1.54) is 0 Å². The van der Waals surface area contributed by atoms with E-state index in [1.807, 2.05) is 26.8 Å². The number of nitro groups is 1. The Balaban J connectivity index is 3.09. The summed E-state index contributed by atoms with van der Waals surface area (Å²) in [4.78, 5) is 10.5. The number of hydrogen-bond acceptors (Lipinski definition) is 4. The van der Waals surface area contributed by atoms with Crippen molar-refractivity contribution in [2.24, 2.45) is 5.73 Å². The van der Waals surface area contributed by atoms with Gasteiger partial charge in [0.05, 0.1) is 4.92 Å². The normalized spacial score (nSPS) is 11.2. The lowest BCUT2D eigenvalue weighted by Gasteiger charge is -2.25. The Labute approximate surface area is 94.8 Å². The molecule has 0 saturated carbocycles. The van der Waals surface area contributed by atoms with Crippen molar-refractivity contribution in [1.82, 2.24) is 0 Å². The van der Waals surface area contributed by atoms with Gasteiger partial charge >= 0.3 is 0 Å². The molecule has 0 spiro atoms. The van der Waals surface area contributed by atoms with Crippen LogP contribution in [-0.2, 0) is 0 Å². The molecule has 0 aliphatic carbocycles. The number of nitro benzene ring substituents is 1. The van der Waals surface area contributed by atoms with Gasteiger partial charge in [0.15, 0.2) is 0 Å². The van der Waals surface area contributed by atoms with Crippen molar-refractivity contribution < 1.29 is 4.92 Å². The van der Waals surface area contributed by atoms with E-state index in [0.717, 1.165) is 5.56 Å². The van der Waals surface area contributed by atoms with Crippen LogP contribution in [0.2, 0.25) is 0 Å². The summed E-state index contributed by atoms with van der Waals surface area (Å²) in [5.74, 6) is 0. The maximum atomic E-state index is 10.9. The molecular weight excluding hydrogens is 206 g/mol. The van der Waals surface area contributed by atoms with Gasteiger partial charge in [-0.05, 0) is 32.4 Å². The smallest absolute Gasteiger partial charge is 0.292 e. The molecule has 0 aliphatic heterocycles. The first kappa shape index (κ1) is 12.4. The summed E-state index contributed by atoms with van der Waals surface area (Å²) in [7, 11) is 0. The first-order valence-electron chi connectivity index (χ1n) is 5.09. The van der Waals surface area contributed by atoms with Crippen LogP contribution in [0.1, 0.15) is 19.4 Å². The summed E-state index contributed by atoms with van der Waals surface area (Å²) in [6, 6.07) is 5.10. The maximum Gasteiger partial charge on any atom is 0.292 e. The Morgan fingerprint density at radius 1 is 1.50 bits per heavy atom. The number of nitrogens with two attached hydrogens (primary N) is 1. The largest absolute Gasteiger partial charge is 0.373 e. The van der Waals surface area contributed by atoms with Gasteiger partial charge < -0.3 is 11.1 Å². The van der Waals surface area contributed by atoms with Crippen LogP contribution in [0.15, 0.2) is 18.2 Å². The molecule has 5 heteroatoms. The summed E-state index contributed by atoms with van der Waals surface area (Å²) in [5.41, 5.74) is 6.67. The fourth-order valence-electron chi connectivity index (χ4n) is 1.31. The monoisotopic (exact) mass is 223 g/mol. The fourth-order valence-corrected chi connectivity index (χ4v) is 1.31. The topological polar surface area (TPSA) is 81.2 Å². The summed E-state index contributed by atoms with van der Waals surface area (Å²) < 4.78 is 0. The highest BCUT2D eigenvalue weighted by atomic mass is 16.6. The standard InChI is InChI=1S/C11H17N3O2/c1-8-4-5-9(10(6-8)14(15)16)13-11(2,3)7-12/h4-6,13H,7,12H2,1-3H3. The second kappa shape index (κ2) is 4.49. The average molecular weight is 223 g/mol. The van der Waals surface area contributed by atoms with E-state index in [1.54, 1.807) is 12.1 Å². The van der Waals surface area contributed by atoms with Crippen molar-refractivity contribution in [3.05, 3.63) is 33.9 Å². The predicted octanol–water partition coefficient (Wildman–Crippen LogP) is 2.05. The van der Waals surface area contributed by atoms with E-state index < -0.39 is 0 Å². The van der Waals surface area contributed by atoms with Crippen LogP contribution in [0.3, 0.4) is 0 Å². The van der Waals surface area contributed by atoms with Crippen LogP contribution in [0.4, 0.5) is 11.4 Å². The fraction of sp³-hybridized carbons (Fsp3) is 0.455. The number of anilines is 1. The summed E-state index contributed by atoms with van der Waals surface area (Å²) in [6.45, 7) is 6.02. The van der Waals surface area contributed by atoms with Gasteiger partial charge in [-0.1, -0.05) is 6.07 Å². The summed E-state index contributed by atoms with van der Waals surface area (Å²) >= 11 is 0. The molecule has 0 heterocycles. The van der Waals surface area contributed by atoms with Gasteiger partial charge in [0, 0.05) is 18.2 Å². The molecule has 88 valence electrons. The summed E-state index contributed by atoms with van der Waals surface area (Å²) in [6.07, 6.45) is 0. The molecule has 0 amide bonds. The van der Waals surface area contributed by atoms with Gasteiger partial charge in [0.25, 0.3) is 5.69 Å². The quantitative estimate of drug-likeness (QED) is 0.604. The number of benzene rings is 1. The van der Waals surface area contributed by atoms with Crippen LogP contribution < -0.4 is 11.1 Å². The van der Waals surface area contributed by atoms with Crippen molar-refractivity contribution >= 4 is 11.4 Å². The van der Waals surface area contributed by atoms with Gasteiger partial charge in [0.2, 0.25) is 0 Å². The van der Waals surface area contributed by atoms with Crippen LogP contribution in [0.5, 0.6) is 0 Å². The van der Waals surface area contributed by atoms with E-state index in [9.17, 15) is 10.1 Å². The van der Waals surface area contributed by atoms with Crippen molar-refractivity contribution in [2.45, 2.75) is 26.3 Å². The van der Waals surface area contributed by atoms with E-state index in [2.05, 4.69) is 5.32 Å². The van der Waals surface area contributed by atoms with E-state index in [4.69, 9.17) is 5.73 Å². The average Bonchev–Trinajstić information content (AvgIpc) is 2.20. The third-order valence-electron chi connectivity index (χ3n) is 2.33. The van der Waals surface area contributed by atoms with Crippen LogP contribution in [-0.4, -0.2) is 17.0 Å². The van der Waals surface area contributed by atoms with Crippen molar-refractivity contribution in [1.29, 1.82) is 0 Å². The molecule has 1 rings (SSSR count). The van der Waals surface area contributed by atoms with Gasteiger partial charge in [-0.3, -0.25) is 10.1 Å². The van der Waals surface area contributed by atoms with E-state index in [-0.39, 0.29) is 16.1 Å². The molecule has 1 aromatic carbocycles. The minimum absolute atomic E-state index is 0.0847. The molecule has 0 radical (unpaired) electrons. The third kappa shape index (κ3) is 2.93. The highest BCUT2D eigenvalue weighted by Gasteiger charge is 2.20. The lowest BCUT2D eigenvalue weighted by atomic mass is 10.0. The molecule has 0 aromatic heterocycles. The first-order chi connectivity index (χ1) is 7.35. The molecule has 0 bridgehead atoms. The lowest BCUT2D eigenvalue weighted by molar-refractivity contribution is -0.384. The zero-order valence-corrected chi connectivity index (χ0v) is 9.78. The van der Waals surface area contributed by atoms with Gasteiger partial charge in [0.1, 0.15) is 5.69 Å². The Kier molecular flexibility index (Phi) is 3.49. The van der Waals surface area contributed by atoms with Gasteiger partial charge in [-0.15, -0.1) is 0 Å². The number of hydrogen-bond donors (Lipinski definition) is 2. The highest BCUT2D eigenvalue weighted by molar-refractivity contribution is 5.63. The molecule has 0 saturated heterocycles. The molecule has 16 heavy (non-hydrogen) atoms. The second-order valence-electron chi connectivity index (χ2n) is 4.49. The highest BCUT2D eigenvalue weighted by Crippen LogP contribution is 2.27. The number of rotatable bonds is 4. The van der Waals surface area contributed by atoms with Gasteiger partial charge in [-0.2, -0.15) is 0 Å². The zero-order chi connectivity index (χ0) is 12.3. The second-order valence-corrected chi connectivity index (χ2v) is 4.49. The lowest BCUT2D eigenvalue weighted by Crippen LogP contribution is -2.39. The number of nitrogens with one attached hydrogen (secondary N) is 1. The molecule has 3 N–H and O–H groups in total. The minimum atomic E-state index is -0.387. The summed E-state index contributed by atoms with van der Waals surface area (Å²) in [5, 5.41) is 14.0. The first-order valence-corrected chi connectivity index (χ1v) is 5.09. The molecule has 0 atom stereocenters. The SMILES string of the molecule is Cc1ccc(NC(C)(C)CN)c([N+](=O)[O-])c1. The predicted molar refractivity (Wildman–Crippen MR) is 64.6 cm³/mol. The molecule has 5 nitrogen and oxygen atoms in total. The third-order valence-corrected chi connectivity index (χ3v) is 2.33. The number of nitrogens with zero attached hydrogens (tertiary/aromatic N) is 1. The van der Waals surface area contributed by atoms with Crippen molar-refractivity contribution in [2.75, 3.05) is 11.9 Å². The van der Waals surface area contributed by atoms with Crippen LogP contribution in [0.25, 0.3) is 0 Å². The van der Waals surface area contributed by atoms with Crippen molar-refractivity contribution in [3.63, 3.8) is 0 Å². The molecule has 0 unspecified atom stereocenters. The van der Waals surface area contributed by atoms with Gasteiger partial charge in [-0.25, -0.2) is 0 Å². The molecule has 1 aromatic rings. The molecule has 0 aliphatic rings. The van der Waals surface area contributed by atoms with Crippen LogP contribution >= 0.6 is 0 Å². The Hall–Kier alpha value is -1.62. The minimum Gasteiger partial charge on any atom is -0.373 e. The molecule has 0 fully saturated rings. The zero-order valence-electron chi connectivity index (χ0n) is 9.78. The Bertz CT molecular complexity index is 402. The Morgan fingerprint density at radius 2 is 2.12 bits per heavy atom. The van der Waals surface area contributed by atoms with Crippen molar-refractivity contribution in [3.8, 4) is 0 Å². The van der Waals surface area contributed by atoms with E-state index in [0.29, 0.717) is 12.2 Å². The number of aryl methyl sites for hydroxylation is 1. The molecular formula is C11H17N3O2. The maximum absolute atomic E-state index is 10.9. The van der Waals surface area contributed by atoms with E-state index >= 15 is 0 Å². The van der Waals surface area contributed by atoms with Crippen LogP contribution in [0, 0.1) is 17.0 Å².